The van der Waals surface area contributed by atoms with Crippen molar-refractivity contribution in [1.82, 2.24) is 19.7 Å². The van der Waals surface area contributed by atoms with E-state index in [4.69, 9.17) is 0 Å². The second kappa shape index (κ2) is 7.10. The number of amides is 1. The van der Waals surface area contributed by atoms with Gasteiger partial charge < -0.3 is 9.88 Å². The number of halogens is 1. The van der Waals surface area contributed by atoms with Crippen molar-refractivity contribution in [3.8, 4) is 0 Å². The van der Waals surface area contributed by atoms with Gasteiger partial charge in [-0.2, -0.15) is 11.3 Å². The van der Waals surface area contributed by atoms with E-state index in [9.17, 15) is 9.18 Å². The maximum absolute atomic E-state index is 13.4. The van der Waals surface area contributed by atoms with Crippen LogP contribution < -0.4 is 5.32 Å². The van der Waals surface area contributed by atoms with Crippen molar-refractivity contribution in [3.05, 3.63) is 64.1 Å². The molecule has 1 amide bonds. The van der Waals surface area contributed by atoms with E-state index in [0.29, 0.717) is 23.3 Å². The molecular weight excluding hydrogens is 377 g/mol. The summed E-state index contributed by atoms with van der Waals surface area (Å²) < 4.78 is 15.3. The van der Waals surface area contributed by atoms with Gasteiger partial charge in [0.1, 0.15) is 11.6 Å². The van der Waals surface area contributed by atoms with E-state index in [-0.39, 0.29) is 11.7 Å². The van der Waals surface area contributed by atoms with Crippen LogP contribution in [0.5, 0.6) is 0 Å². The van der Waals surface area contributed by atoms with E-state index in [1.807, 2.05) is 4.57 Å². The number of fused-ring (bicyclic) bond motifs is 2. The highest BCUT2D eigenvalue weighted by molar-refractivity contribution is 7.07. The molecule has 1 aromatic carbocycles. The highest BCUT2D eigenvalue weighted by Crippen LogP contribution is 2.33. The topological polar surface area (TPSA) is 63.1 Å². The van der Waals surface area contributed by atoms with E-state index < -0.39 is 0 Å². The number of hydrogen-bond donors (Lipinski definition) is 1. The fourth-order valence-corrected chi connectivity index (χ4v) is 4.97. The molecule has 2 aliphatic heterocycles. The number of carbonyl (C=O) groups is 1. The minimum absolute atomic E-state index is 0.300. The van der Waals surface area contributed by atoms with E-state index in [1.54, 1.807) is 23.5 Å². The number of benzene rings is 1. The van der Waals surface area contributed by atoms with Gasteiger partial charge in [0, 0.05) is 38.3 Å². The first-order chi connectivity index (χ1) is 13.7. The Hall–Kier alpha value is -2.58. The maximum Gasteiger partial charge on any atom is 0.293 e. The van der Waals surface area contributed by atoms with Gasteiger partial charge in [0.15, 0.2) is 0 Å². The average Bonchev–Trinajstić information content (AvgIpc) is 3.39. The zero-order valence-electron chi connectivity index (χ0n) is 15.2. The molecule has 0 bridgehead atoms. The minimum atomic E-state index is -0.388. The lowest BCUT2D eigenvalue weighted by Gasteiger charge is -2.25. The quantitative estimate of drug-likeness (QED) is 0.735. The zero-order valence-corrected chi connectivity index (χ0v) is 16.0. The second-order valence-electron chi connectivity index (χ2n) is 7.56. The van der Waals surface area contributed by atoms with E-state index in [1.165, 1.54) is 17.7 Å². The van der Waals surface area contributed by atoms with Crippen LogP contribution in [0.1, 0.15) is 22.0 Å². The molecule has 3 aromatic rings. The molecule has 6 nitrogen and oxygen atoms in total. The molecule has 1 fully saturated rings. The summed E-state index contributed by atoms with van der Waals surface area (Å²) in [5.41, 5.74) is 1.78. The van der Waals surface area contributed by atoms with Gasteiger partial charge >= 0.3 is 0 Å². The van der Waals surface area contributed by atoms with E-state index in [2.05, 4.69) is 37.2 Å². The van der Waals surface area contributed by atoms with Gasteiger partial charge in [-0.1, -0.05) is 6.07 Å². The molecule has 1 N–H and O–H groups in total. The molecule has 8 heteroatoms. The number of aromatic nitrogens is 3. The Balaban J connectivity index is 1.29. The van der Waals surface area contributed by atoms with Crippen molar-refractivity contribution in [2.75, 3.05) is 18.4 Å². The molecule has 2 aromatic heterocycles. The predicted octanol–water partition coefficient (Wildman–Crippen LogP) is 3.04. The number of nitrogens with zero attached hydrogens (tertiary/aromatic N) is 4. The monoisotopic (exact) mass is 397 g/mol. The molecule has 0 unspecified atom stereocenters. The summed E-state index contributed by atoms with van der Waals surface area (Å²) in [7, 11) is 0. The van der Waals surface area contributed by atoms with Crippen LogP contribution in [0.4, 0.5) is 10.1 Å². The van der Waals surface area contributed by atoms with Gasteiger partial charge in [0.25, 0.3) is 5.91 Å². The second-order valence-corrected chi connectivity index (χ2v) is 8.34. The number of thiophene rings is 1. The maximum atomic E-state index is 13.4. The molecule has 4 heterocycles. The summed E-state index contributed by atoms with van der Waals surface area (Å²) in [6.45, 7) is 3.80. The fourth-order valence-electron chi connectivity index (χ4n) is 4.31. The molecule has 28 heavy (non-hydrogen) atoms. The highest BCUT2D eigenvalue weighted by Gasteiger charge is 2.39. The Bertz CT molecular complexity index is 1000. The van der Waals surface area contributed by atoms with Crippen molar-refractivity contribution in [3.63, 3.8) is 0 Å². The Morgan fingerprint density at radius 3 is 2.93 bits per heavy atom. The summed E-state index contributed by atoms with van der Waals surface area (Å²) in [6.07, 6.45) is 0.838. The van der Waals surface area contributed by atoms with Crippen LogP contribution >= 0.6 is 11.3 Å². The van der Waals surface area contributed by atoms with Crippen LogP contribution in [-0.2, 0) is 19.5 Å². The Morgan fingerprint density at radius 2 is 2.11 bits per heavy atom. The lowest BCUT2D eigenvalue weighted by Crippen LogP contribution is -2.31. The molecule has 2 aliphatic rings. The van der Waals surface area contributed by atoms with Crippen LogP contribution in [0.3, 0.4) is 0 Å². The lowest BCUT2D eigenvalue weighted by atomic mass is 9.89. The number of rotatable bonds is 4. The molecule has 2 atom stereocenters. The summed E-state index contributed by atoms with van der Waals surface area (Å²) >= 11 is 1.73. The van der Waals surface area contributed by atoms with Crippen LogP contribution in [0.25, 0.3) is 0 Å². The van der Waals surface area contributed by atoms with E-state index >= 15 is 0 Å². The summed E-state index contributed by atoms with van der Waals surface area (Å²) in [5.74, 6) is 1.46. The molecule has 0 spiro atoms. The van der Waals surface area contributed by atoms with Crippen molar-refractivity contribution >= 4 is 22.9 Å². The first-order valence-electron chi connectivity index (χ1n) is 9.38. The highest BCUT2D eigenvalue weighted by atomic mass is 32.1. The number of anilines is 1. The Labute approximate surface area is 166 Å². The fraction of sp³-hybridized carbons (Fsp3) is 0.350. The van der Waals surface area contributed by atoms with E-state index in [0.717, 1.165) is 38.4 Å². The molecule has 0 saturated carbocycles. The third kappa shape index (κ3) is 3.33. The SMILES string of the molecule is O=C(Nc1cccc(F)c1)c1nnc2n1C[C@H]1CN(Cc3ccsc3)C[C@H]1C2. The number of nitrogens with one attached hydrogen (secondary N) is 1. The van der Waals surface area contributed by atoms with Crippen LogP contribution in [0.15, 0.2) is 41.1 Å². The number of hydrogen-bond acceptors (Lipinski definition) is 5. The molecular formula is C20H20FN5OS. The van der Waals surface area contributed by atoms with Crippen molar-refractivity contribution in [2.45, 2.75) is 19.5 Å². The standard InChI is InChI=1S/C20H20FN5OS/c21-16-2-1-3-17(7-16)22-20(27)19-24-23-18-6-14-9-25(8-13-4-5-28-12-13)10-15(14)11-26(18)19/h1-5,7,12,14-15H,6,8-11H2,(H,22,27)/t14-,15-/m1/s1. The van der Waals surface area contributed by atoms with Gasteiger partial charge in [-0.25, -0.2) is 4.39 Å². The molecule has 0 aliphatic carbocycles. The van der Waals surface area contributed by atoms with Crippen LogP contribution in [-0.4, -0.2) is 38.7 Å². The minimum Gasteiger partial charge on any atom is -0.319 e. The average molecular weight is 397 g/mol. The molecule has 1 saturated heterocycles. The van der Waals surface area contributed by atoms with Gasteiger partial charge in [0.05, 0.1) is 0 Å². The predicted molar refractivity (Wildman–Crippen MR) is 105 cm³/mol. The first kappa shape index (κ1) is 17.5. The summed E-state index contributed by atoms with van der Waals surface area (Å²) in [4.78, 5) is 15.2. The lowest BCUT2D eigenvalue weighted by molar-refractivity contribution is 0.100. The third-order valence-corrected chi connectivity index (χ3v) is 6.35. The molecule has 144 valence electrons. The molecule has 5 rings (SSSR count). The molecule has 0 radical (unpaired) electrons. The summed E-state index contributed by atoms with van der Waals surface area (Å²) in [6, 6.07) is 8.03. The first-order valence-corrected chi connectivity index (χ1v) is 10.3. The normalized spacial score (nSPS) is 21.3. The van der Waals surface area contributed by atoms with Gasteiger partial charge in [-0.15, -0.1) is 10.2 Å². The van der Waals surface area contributed by atoms with Crippen molar-refractivity contribution < 1.29 is 9.18 Å². The van der Waals surface area contributed by atoms with Gasteiger partial charge in [-0.3, -0.25) is 9.69 Å². The van der Waals surface area contributed by atoms with Gasteiger partial charge in [0.2, 0.25) is 5.82 Å². The number of likely N-dealkylation sites (tertiary alicyclic amines) is 1. The number of carbonyl (C=O) groups excluding carboxylic acids is 1. The van der Waals surface area contributed by atoms with Gasteiger partial charge in [-0.05, 0) is 52.4 Å². The Morgan fingerprint density at radius 1 is 1.21 bits per heavy atom. The van der Waals surface area contributed by atoms with Crippen molar-refractivity contribution in [1.29, 1.82) is 0 Å². The zero-order chi connectivity index (χ0) is 19.1. The van der Waals surface area contributed by atoms with Crippen molar-refractivity contribution in [2.24, 2.45) is 11.8 Å². The Kier molecular flexibility index (Phi) is 4.44. The third-order valence-electron chi connectivity index (χ3n) is 5.61. The smallest absolute Gasteiger partial charge is 0.293 e. The summed E-state index contributed by atoms with van der Waals surface area (Å²) in [5, 5.41) is 15.4. The van der Waals surface area contributed by atoms with Crippen LogP contribution in [0, 0.1) is 17.7 Å². The van der Waals surface area contributed by atoms with Crippen LogP contribution in [0.2, 0.25) is 0 Å². The largest absolute Gasteiger partial charge is 0.319 e.